The summed E-state index contributed by atoms with van der Waals surface area (Å²) >= 11 is 0. The Morgan fingerprint density at radius 3 is 2.44 bits per heavy atom. The number of aryl methyl sites for hydroxylation is 3. The van der Waals surface area contributed by atoms with Gasteiger partial charge in [0.15, 0.2) is 0 Å². The van der Waals surface area contributed by atoms with Crippen LogP contribution < -0.4 is 10.1 Å². The third-order valence-corrected chi connectivity index (χ3v) is 6.29. The van der Waals surface area contributed by atoms with Crippen molar-refractivity contribution < 1.29 is 14.6 Å². The number of hydrogen-bond donors (Lipinski definition) is 2. The number of carbonyl (C=O) groups is 1. The standard InChI is InChI=1S/C27H34N4O3/c1-19-5-4-6-20(2)27(19)29-26(33)17-31-13-11-30(12-14-31)16-23(32)18-34-24-10-9-22-8-7-21(3)28-25(22)15-24/h4-10,15,23,32H,11-14,16-18H2,1-3H3,(H,29,33). The number of aliphatic hydroxyl groups is 1. The topological polar surface area (TPSA) is 77.9 Å². The van der Waals surface area contributed by atoms with Crippen LogP contribution in [0.3, 0.4) is 0 Å². The lowest BCUT2D eigenvalue weighted by molar-refractivity contribution is -0.117. The van der Waals surface area contributed by atoms with Crippen LogP contribution in [0.5, 0.6) is 5.75 Å². The van der Waals surface area contributed by atoms with E-state index >= 15 is 0 Å². The van der Waals surface area contributed by atoms with E-state index in [1.165, 1.54) is 0 Å². The summed E-state index contributed by atoms with van der Waals surface area (Å²) in [4.78, 5) is 21.5. The van der Waals surface area contributed by atoms with Crippen molar-refractivity contribution >= 4 is 22.5 Å². The molecule has 0 spiro atoms. The molecule has 0 saturated carbocycles. The summed E-state index contributed by atoms with van der Waals surface area (Å²) < 4.78 is 5.83. The highest BCUT2D eigenvalue weighted by molar-refractivity contribution is 5.93. The molecule has 34 heavy (non-hydrogen) atoms. The Bertz CT molecular complexity index is 1120. The molecule has 1 aliphatic heterocycles. The number of anilines is 1. The lowest BCUT2D eigenvalue weighted by Gasteiger charge is -2.35. The van der Waals surface area contributed by atoms with Gasteiger partial charge in [-0.15, -0.1) is 0 Å². The molecule has 7 nitrogen and oxygen atoms in total. The zero-order valence-electron chi connectivity index (χ0n) is 20.3. The fourth-order valence-electron chi connectivity index (χ4n) is 4.36. The van der Waals surface area contributed by atoms with Crippen molar-refractivity contribution in [2.24, 2.45) is 0 Å². The van der Waals surface area contributed by atoms with Gasteiger partial charge in [-0.1, -0.05) is 24.3 Å². The Kier molecular flexibility index (Phi) is 7.77. The van der Waals surface area contributed by atoms with Crippen LogP contribution in [0.4, 0.5) is 5.69 Å². The number of aromatic nitrogens is 1. The molecule has 180 valence electrons. The maximum Gasteiger partial charge on any atom is 0.238 e. The first-order valence-corrected chi connectivity index (χ1v) is 11.9. The smallest absolute Gasteiger partial charge is 0.238 e. The van der Waals surface area contributed by atoms with E-state index in [4.69, 9.17) is 4.74 Å². The third-order valence-electron chi connectivity index (χ3n) is 6.29. The van der Waals surface area contributed by atoms with Gasteiger partial charge in [-0.2, -0.15) is 0 Å². The van der Waals surface area contributed by atoms with Gasteiger partial charge in [0, 0.05) is 55.6 Å². The number of pyridine rings is 1. The molecule has 1 fully saturated rings. The van der Waals surface area contributed by atoms with E-state index in [0.717, 1.165) is 59.6 Å². The number of rotatable bonds is 8. The first kappa shape index (κ1) is 24.1. The number of amides is 1. The zero-order chi connectivity index (χ0) is 24.1. The number of fused-ring (bicyclic) bond motifs is 1. The molecule has 0 radical (unpaired) electrons. The average molecular weight is 463 g/mol. The number of aliphatic hydroxyl groups excluding tert-OH is 1. The van der Waals surface area contributed by atoms with Crippen molar-refractivity contribution in [3.63, 3.8) is 0 Å². The summed E-state index contributed by atoms with van der Waals surface area (Å²) in [7, 11) is 0. The van der Waals surface area contributed by atoms with Crippen LogP contribution in [0.15, 0.2) is 48.5 Å². The number of piperazine rings is 1. The second-order valence-corrected chi connectivity index (χ2v) is 9.16. The quantitative estimate of drug-likeness (QED) is 0.536. The van der Waals surface area contributed by atoms with Gasteiger partial charge in [0.05, 0.1) is 12.1 Å². The molecular formula is C27H34N4O3. The molecule has 1 aromatic heterocycles. The Labute approximate surface area is 201 Å². The van der Waals surface area contributed by atoms with Crippen LogP contribution in [0.25, 0.3) is 10.9 Å². The van der Waals surface area contributed by atoms with Gasteiger partial charge in [-0.25, -0.2) is 0 Å². The van der Waals surface area contributed by atoms with E-state index in [-0.39, 0.29) is 12.5 Å². The number of hydrogen-bond acceptors (Lipinski definition) is 6. The molecule has 1 amide bonds. The molecule has 3 aromatic rings. The lowest BCUT2D eigenvalue weighted by Crippen LogP contribution is -2.50. The number of nitrogens with zero attached hydrogens (tertiary/aromatic N) is 3. The molecule has 2 heterocycles. The van der Waals surface area contributed by atoms with Gasteiger partial charge in [-0.05, 0) is 50.1 Å². The third kappa shape index (κ3) is 6.32. The van der Waals surface area contributed by atoms with Crippen LogP contribution in [-0.4, -0.2) is 77.8 Å². The molecule has 1 aliphatic rings. The zero-order valence-corrected chi connectivity index (χ0v) is 20.3. The maximum absolute atomic E-state index is 12.5. The van der Waals surface area contributed by atoms with Crippen LogP contribution in [0, 0.1) is 20.8 Å². The molecule has 0 bridgehead atoms. The van der Waals surface area contributed by atoms with Gasteiger partial charge >= 0.3 is 0 Å². The van der Waals surface area contributed by atoms with Gasteiger partial charge in [-0.3, -0.25) is 19.6 Å². The Hall–Kier alpha value is -3.00. The first-order chi connectivity index (χ1) is 16.4. The average Bonchev–Trinajstić information content (AvgIpc) is 2.81. The monoisotopic (exact) mass is 462 g/mol. The van der Waals surface area contributed by atoms with Crippen molar-refractivity contribution in [2.45, 2.75) is 26.9 Å². The normalized spacial score (nSPS) is 15.9. The summed E-state index contributed by atoms with van der Waals surface area (Å²) in [5.74, 6) is 0.726. The molecule has 4 rings (SSSR count). The van der Waals surface area contributed by atoms with E-state index in [1.807, 2.05) is 69.3 Å². The molecule has 0 aliphatic carbocycles. The highest BCUT2D eigenvalue weighted by Gasteiger charge is 2.21. The number of carbonyl (C=O) groups excluding carboxylic acids is 1. The highest BCUT2D eigenvalue weighted by atomic mass is 16.5. The van der Waals surface area contributed by atoms with E-state index in [1.54, 1.807) is 0 Å². The Balaban J connectivity index is 1.19. The predicted molar refractivity (Wildman–Crippen MR) is 135 cm³/mol. The number of nitrogens with one attached hydrogen (secondary N) is 1. The SMILES string of the molecule is Cc1ccc2ccc(OCC(O)CN3CCN(CC(=O)Nc4c(C)cccc4C)CC3)cc2n1. The summed E-state index contributed by atoms with van der Waals surface area (Å²) in [6.07, 6.45) is -0.583. The molecular weight excluding hydrogens is 428 g/mol. The minimum absolute atomic E-state index is 0.0133. The van der Waals surface area contributed by atoms with Crippen molar-refractivity contribution in [2.75, 3.05) is 51.2 Å². The first-order valence-electron chi connectivity index (χ1n) is 11.9. The summed E-state index contributed by atoms with van der Waals surface area (Å²) in [6.45, 7) is 10.4. The predicted octanol–water partition coefficient (Wildman–Crippen LogP) is 3.16. The van der Waals surface area contributed by atoms with E-state index < -0.39 is 6.10 Å². The van der Waals surface area contributed by atoms with Crippen LogP contribution in [0.1, 0.15) is 16.8 Å². The van der Waals surface area contributed by atoms with E-state index in [0.29, 0.717) is 18.8 Å². The van der Waals surface area contributed by atoms with Gasteiger partial charge in [0.2, 0.25) is 5.91 Å². The van der Waals surface area contributed by atoms with Crippen molar-refractivity contribution in [3.05, 3.63) is 65.4 Å². The van der Waals surface area contributed by atoms with Gasteiger partial charge in [0.25, 0.3) is 0 Å². The Morgan fingerprint density at radius 2 is 1.71 bits per heavy atom. The summed E-state index contributed by atoms with van der Waals surface area (Å²) in [6, 6.07) is 15.9. The number of para-hydroxylation sites is 1. The van der Waals surface area contributed by atoms with E-state index in [9.17, 15) is 9.90 Å². The molecule has 2 N–H and O–H groups in total. The van der Waals surface area contributed by atoms with Gasteiger partial charge < -0.3 is 15.2 Å². The molecule has 1 unspecified atom stereocenters. The fraction of sp³-hybridized carbons (Fsp3) is 0.407. The van der Waals surface area contributed by atoms with Crippen molar-refractivity contribution in [1.29, 1.82) is 0 Å². The van der Waals surface area contributed by atoms with Crippen LogP contribution in [0.2, 0.25) is 0 Å². The Morgan fingerprint density at radius 1 is 1.03 bits per heavy atom. The second kappa shape index (κ2) is 11.0. The summed E-state index contributed by atoms with van der Waals surface area (Å²) in [5.41, 5.74) is 4.91. The van der Waals surface area contributed by atoms with Crippen molar-refractivity contribution in [3.8, 4) is 5.75 Å². The highest BCUT2D eigenvalue weighted by Crippen LogP contribution is 2.21. The molecule has 1 saturated heterocycles. The minimum atomic E-state index is -0.583. The minimum Gasteiger partial charge on any atom is -0.491 e. The number of β-amino-alcohol motifs (C(OH)–C–C–N with tert-alkyl or cyclic N) is 1. The molecule has 2 aromatic carbocycles. The molecule has 7 heteroatoms. The van der Waals surface area contributed by atoms with Crippen molar-refractivity contribution in [1.82, 2.24) is 14.8 Å². The maximum atomic E-state index is 12.5. The number of benzene rings is 2. The fourth-order valence-corrected chi connectivity index (χ4v) is 4.36. The molecule has 1 atom stereocenters. The second-order valence-electron chi connectivity index (χ2n) is 9.16. The van der Waals surface area contributed by atoms with Gasteiger partial charge in [0.1, 0.15) is 18.5 Å². The lowest BCUT2D eigenvalue weighted by atomic mass is 10.1. The summed E-state index contributed by atoms with van der Waals surface area (Å²) in [5, 5.41) is 14.6. The largest absolute Gasteiger partial charge is 0.491 e. The van der Waals surface area contributed by atoms with Crippen LogP contribution >= 0.6 is 0 Å². The number of ether oxygens (including phenoxy) is 1. The van der Waals surface area contributed by atoms with Crippen LogP contribution in [-0.2, 0) is 4.79 Å². The van der Waals surface area contributed by atoms with E-state index in [2.05, 4.69) is 20.1 Å².